The van der Waals surface area contributed by atoms with E-state index in [0.717, 1.165) is 12.8 Å². The summed E-state index contributed by atoms with van der Waals surface area (Å²) in [6.07, 6.45) is 3.40. The van der Waals surface area contributed by atoms with Crippen LogP contribution in [0.3, 0.4) is 0 Å². The Kier molecular flexibility index (Phi) is 3.44. The zero-order valence-corrected chi connectivity index (χ0v) is 11.8. The number of nitrogens with one attached hydrogen (secondary N) is 1. The number of aromatic carboxylic acids is 1. The maximum Gasteiger partial charge on any atom is 0.352 e. The Labute approximate surface area is 112 Å². The van der Waals surface area contributed by atoms with Crippen LogP contribution < -0.4 is 4.72 Å². The molecule has 1 aliphatic carbocycles. The largest absolute Gasteiger partial charge is 0.477 e. The Morgan fingerprint density at radius 2 is 2.16 bits per heavy atom. The van der Waals surface area contributed by atoms with Gasteiger partial charge >= 0.3 is 5.97 Å². The molecular weight excluding hydrogens is 268 g/mol. The second-order valence-corrected chi connectivity index (χ2v) is 7.05. The first-order valence-corrected chi connectivity index (χ1v) is 7.69. The Bertz CT molecular complexity index is 599. The average molecular weight is 286 g/mol. The topological polar surface area (TPSA) is 88.4 Å². The molecule has 0 spiro atoms. The van der Waals surface area contributed by atoms with Crippen LogP contribution in [-0.4, -0.2) is 30.6 Å². The first-order chi connectivity index (χ1) is 8.77. The van der Waals surface area contributed by atoms with Gasteiger partial charge in [-0.25, -0.2) is 17.9 Å². The minimum atomic E-state index is -3.63. The molecule has 0 aromatic carbocycles. The molecule has 0 amide bonds. The van der Waals surface area contributed by atoms with Gasteiger partial charge in [0.25, 0.3) is 0 Å². The molecule has 0 saturated heterocycles. The highest BCUT2D eigenvalue weighted by Gasteiger charge is 2.38. The second-order valence-electron chi connectivity index (χ2n) is 5.29. The van der Waals surface area contributed by atoms with Crippen molar-refractivity contribution in [3.05, 3.63) is 18.0 Å². The van der Waals surface area contributed by atoms with Gasteiger partial charge in [0.15, 0.2) is 0 Å². The molecule has 0 radical (unpaired) electrons. The van der Waals surface area contributed by atoms with Crippen molar-refractivity contribution < 1.29 is 18.3 Å². The van der Waals surface area contributed by atoms with Gasteiger partial charge in [0.05, 0.1) is 0 Å². The van der Waals surface area contributed by atoms with Crippen LogP contribution in [0.2, 0.25) is 0 Å². The maximum atomic E-state index is 12.1. The molecule has 6 nitrogen and oxygen atoms in total. The molecule has 2 rings (SSSR count). The lowest BCUT2D eigenvalue weighted by atomic mass is 10.2. The van der Waals surface area contributed by atoms with Gasteiger partial charge in [-0.15, -0.1) is 0 Å². The van der Waals surface area contributed by atoms with E-state index in [0.29, 0.717) is 13.1 Å². The molecule has 106 valence electrons. The highest BCUT2D eigenvalue weighted by molar-refractivity contribution is 7.89. The number of nitrogens with zero attached hydrogens (tertiary/aromatic N) is 1. The van der Waals surface area contributed by atoms with Crippen LogP contribution in [0.5, 0.6) is 0 Å². The Hall–Kier alpha value is -1.34. The van der Waals surface area contributed by atoms with E-state index in [1.54, 1.807) is 6.92 Å². The molecule has 0 atom stereocenters. The summed E-state index contributed by atoms with van der Waals surface area (Å²) in [6.45, 7) is 4.60. The molecule has 0 bridgehead atoms. The fourth-order valence-corrected chi connectivity index (χ4v) is 3.05. The van der Waals surface area contributed by atoms with Gasteiger partial charge in [-0.3, -0.25) is 0 Å². The van der Waals surface area contributed by atoms with Crippen molar-refractivity contribution in [1.82, 2.24) is 9.29 Å². The first-order valence-electron chi connectivity index (χ1n) is 6.20. The van der Waals surface area contributed by atoms with E-state index in [4.69, 9.17) is 5.11 Å². The summed E-state index contributed by atoms with van der Waals surface area (Å²) >= 11 is 0. The van der Waals surface area contributed by atoms with Gasteiger partial charge in [-0.05, 0) is 31.2 Å². The van der Waals surface area contributed by atoms with Crippen molar-refractivity contribution in [2.45, 2.75) is 38.1 Å². The number of carboxylic acid groups (broad SMARTS) is 1. The molecule has 1 heterocycles. The SMILES string of the molecule is CCn1cc(S(=O)(=O)NCC2(C)CC2)cc1C(=O)O. The molecule has 7 heteroatoms. The highest BCUT2D eigenvalue weighted by Crippen LogP contribution is 2.44. The van der Waals surface area contributed by atoms with Crippen LogP contribution in [0.1, 0.15) is 37.2 Å². The number of aryl methyl sites for hydroxylation is 1. The lowest BCUT2D eigenvalue weighted by Gasteiger charge is -2.09. The van der Waals surface area contributed by atoms with E-state index in [-0.39, 0.29) is 16.0 Å². The molecule has 19 heavy (non-hydrogen) atoms. The smallest absolute Gasteiger partial charge is 0.352 e. The maximum absolute atomic E-state index is 12.1. The van der Waals surface area contributed by atoms with Crippen LogP contribution in [0.4, 0.5) is 0 Å². The van der Waals surface area contributed by atoms with Gasteiger partial charge in [-0.2, -0.15) is 0 Å². The lowest BCUT2D eigenvalue weighted by Crippen LogP contribution is -2.28. The number of carboxylic acids is 1. The highest BCUT2D eigenvalue weighted by atomic mass is 32.2. The number of aromatic nitrogens is 1. The van der Waals surface area contributed by atoms with Crippen molar-refractivity contribution in [3.8, 4) is 0 Å². The van der Waals surface area contributed by atoms with Crippen molar-refractivity contribution in [2.75, 3.05) is 6.54 Å². The van der Waals surface area contributed by atoms with Gasteiger partial charge in [0.1, 0.15) is 10.6 Å². The average Bonchev–Trinajstić information content (AvgIpc) is 2.92. The first kappa shape index (κ1) is 14.1. The van der Waals surface area contributed by atoms with Crippen LogP contribution in [0, 0.1) is 5.41 Å². The number of hydrogen-bond acceptors (Lipinski definition) is 3. The summed E-state index contributed by atoms with van der Waals surface area (Å²) in [5.74, 6) is -1.13. The van der Waals surface area contributed by atoms with Gasteiger partial charge in [0.2, 0.25) is 10.0 Å². The minimum absolute atomic E-state index is 0.0102. The third kappa shape index (κ3) is 2.98. The van der Waals surface area contributed by atoms with Gasteiger partial charge < -0.3 is 9.67 Å². The van der Waals surface area contributed by atoms with E-state index in [1.807, 2.05) is 6.92 Å². The van der Waals surface area contributed by atoms with E-state index >= 15 is 0 Å². The zero-order chi connectivity index (χ0) is 14.3. The van der Waals surface area contributed by atoms with Crippen LogP contribution >= 0.6 is 0 Å². The second kappa shape index (κ2) is 4.64. The minimum Gasteiger partial charge on any atom is -0.477 e. The summed E-state index contributed by atoms with van der Waals surface area (Å²) in [5.41, 5.74) is 0.0521. The van der Waals surface area contributed by atoms with E-state index < -0.39 is 16.0 Å². The lowest BCUT2D eigenvalue weighted by molar-refractivity contribution is 0.0685. The van der Waals surface area contributed by atoms with Crippen molar-refractivity contribution in [1.29, 1.82) is 0 Å². The zero-order valence-electron chi connectivity index (χ0n) is 11.0. The predicted octanol–water partition coefficient (Wildman–Crippen LogP) is 1.28. The monoisotopic (exact) mass is 286 g/mol. The third-order valence-electron chi connectivity index (χ3n) is 3.53. The molecule has 1 aromatic rings. The Balaban J connectivity index is 2.22. The number of hydrogen-bond donors (Lipinski definition) is 2. The number of rotatable bonds is 6. The standard InChI is InChI=1S/C12H18N2O4S/c1-3-14-7-9(6-10(14)11(15)16)19(17,18)13-8-12(2)4-5-12/h6-7,13H,3-5,8H2,1-2H3,(H,15,16). The Morgan fingerprint density at radius 3 is 2.58 bits per heavy atom. The summed E-state index contributed by atoms with van der Waals surface area (Å²) in [5, 5.41) is 9.01. The van der Waals surface area contributed by atoms with Crippen LogP contribution in [0.15, 0.2) is 17.2 Å². The quantitative estimate of drug-likeness (QED) is 0.824. The summed E-state index contributed by atoms with van der Waals surface area (Å²) < 4.78 is 28.1. The van der Waals surface area contributed by atoms with E-state index in [9.17, 15) is 13.2 Å². The van der Waals surface area contributed by atoms with Crippen molar-refractivity contribution in [3.63, 3.8) is 0 Å². The predicted molar refractivity (Wildman–Crippen MR) is 69.6 cm³/mol. The van der Waals surface area contributed by atoms with Gasteiger partial charge in [0, 0.05) is 19.3 Å². The van der Waals surface area contributed by atoms with E-state index in [1.165, 1.54) is 16.8 Å². The fourth-order valence-electron chi connectivity index (χ4n) is 1.81. The number of carbonyl (C=O) groups is 1. The fraction of sp³-hybridized carbons (Fsp3) is 0.583. The molecule has 1 fully saturated rings. The molecule has 0 unspecified atom stereocenters. The van der Waals surface area contributed by atoms with Crippen LogP contribution in [0.25, 0.3) is 0 Å². The molecule has 1 aromatic heterocycles. The summed E-state index contributed by atoms with van der Waals surface area (Å²) in [4.78, 5) is 11.0. The van der Waals surface area contributed by atoms with E-state index in [2.05, 4.69) is 4.72 Å². The van der Waals surface area contributed by atoms with Crippen LogP contribution in [-0.2, 0) is 16.6 Å². The molecule has 0 aliphatic heterocycles. The molecular formula is C12H18N2O4S. The Morgan fingerprint density at radius 1 is 1.53 bits per heavy atom. The molecule has 1 saturated carbocycles. The van der Waals surface area contributed by atoms with Crippen molar-refractivity contribution in [2.24, 2.45) is 5.41 Å². The summed E-state index contributed by atoms with van der Waals surface area (Å²) in [6, 6.07) is 1.20. The molecule has 2 N–H and O–H groups in total. The van der Waals surface area contributed by atoms with Gasteiger partial charge in [-0.1, -0.05) is 6.92 Å². The molecule has 1 aliphatic rings. The third-order valence-corrected chi connectivity index (χ3v) is 4.90. The normalized spacial score (nSPS) is 17.4. The summed E-state index contributed by atoms with van der Waals surface area (Å²) in [7, 11) is -3.63. The van der Waals surface area contributed by atoms with Crippen molar-refractivity contribution >= 4 is 16.0 Å². The number of sulfonamides is 1.